The van der Waals surface area contributed by atoms with Crippen LogP contribution in [0.1, 0.15) is 0 Å². The van der Waals surface area contributed by atoms with Gasteiger partial charge in [0.05, 0.1) is 23.9 Å². The highest BCUT2D eigenvalue weighted by Crippen LogP contribution is 2.29. The Kier molecular flexibility index (Phi) is 5.36. The minimum Gasteiger partial charge on any atom is -0.496 e. The second-order valence-corrected chi connectivity index (χ2v) is 5.44. The molecule has 0 saturated heterocycles. The number of nitrogen functional groups attached to an aromatic ring is 1. The number of aromatic nitrogens is 1. The largest absolute Gasteiger partial charge is 0.496 e. The molecule has 2 rings (SSSR count). The van der Waals surface area contributed by atoms with Crippen molar-refractivity contribution in [2.75, 3.05) is 23.9 Å². The predicted molar refractivity (Wildman–Crippen MR) is 87.7 cm³/mol. The summed E-state index contributed by atoms with van der Waals surface area (Å²) < 4.78 is 4.94. The van der Waals surface area contributed by atoms with E-state index in [4.69, 9.17) is 10.5 Å². The number of nitrogens with zero attached hydrogens (tertiary/aromatic N) is 2. The minimum atomic E-state index is -0.574. The van der Waals surface area contributed by atoms with Gasteiger partial charge in [-0.3, -0.25) is 14.9 Å². The van der Waals surface area contributed by atoms with Crippen molar-refractivity contribution in [1.82, 2.24) is 4.98 Å². The molecule has 0 aliphatic carbocycles. The van der Waals surface area contributed by atoms with Gasteiger partial charge in [-0.05, 0) is 24.3 Å². The fraction of sp³-hybridized carbons (Fsp3) is 0.143. The molecule has 0 saturated carbocycles. The fourth-order valence-electron chi connectivity index (χ4n) is 1.71. The Morgan fingerprint density at radius 2 is 2.22 bits per heavy atom. The molecule has 8 nitrogen and oxygen atoms in total. The van der Waals surface area contributed by atoms with Crippen molar-refractivity contribution in [2.24, 2.45) is 0 Å². The van der Waals surface area contributed by atoms with Crippen molar-refractivity contribution in [1.29, 1.82) is 0 Å². The summed E-state index contributed by atoms with van der Waals surface area (Å²) in [6.07, 6.45) is 1.56. The number of nitro benzene ring substituents is 1. The van der Waals surface area contributed by atoms with E-state index >= 15 is 0 Å². The molecule has 0 spiro atoms. The average molecular weight is 334 g/mol. The lowest BCUT2D eigenvalue weighted by molar-refractivity contribution is -0.384. The number of anilines is 2. The number of ether oxygens (including phenoxy) is 1. The van der Waals surface area contributed by atoms with Crippen molar-refractivity contribution in [3.8, 4) is 5.75 Å². The SMILES string of the molecule is COc1ccc(NC(=O)CSc2ccc(N)nc2)c([N+](=O)[O-])c1. The van der Waals surface area contributed by atoms with E-state index in [-0.39, 0.29) is 23.0 Å². The van der Waals surface area contributed by atoms with Crippen LogP contribution in [0.25, 0.3) is 0 Å². The standard InChI is InChI=1S/C14H14N4O4S/c1-22-9-2-4-11(12(6-9)18(20)21)17-14(19)8-23-10-3-5-13(15)16-7-10/h2-7H,8H2,1H3,(H2,15,16)(H,17,19). The summed E-state index contributed by atoms with van der Waals surface area (Å²) in [5.41, 5.74) is 5.38. The Morgan fingerprint density at radius 3 is 2.83 bits per heavy atom. The summed E-state index contributed by atoms with van der Waals surface area (Å²) in [6.45, 7) is 0. The van der Waals surface area contributed by atoms with Crippen molar-refractivity contribution in [3.63, 3.8) is 0 Å². The topological polar surface area (TPSA) is 120 Å². The molecule has 120 valence electrons. The van der Waals surface area contributed by atoms with Crippen molar-refractivity contribution < 1.29 is 14.5 Å². The van der Waals surface area contributed by atoms with Gasteiger partial charge in [-0.2, -0.15) is 0 Å². The van der Waals surface area contributed by atoms with Crippen LogP contribution in [-0.2, 0) is 4.79 Å². The van der Waals surface area contributed by atoms with E-state index in [1.54, 1.807) is 24.4 Å². The smallest absolute Gasteiger partial charge is 0.296 e. The zero-order valence-electron chi connectivity index (χ0n) is 12.2. The van der Waals surface area contributed by atoms with Gasteiger partial charge in [0, 0.05) is 11.1 Å². The van der Waals surface area contributed by atoms with Crippen LogP contribution in [0.4, 0.5) is 17.2 Å². The molecule has 3 N–H and O–H groups in total. The molecule has 0 aliphatic heterocycles. The zero-order chi connectivity index (χ0) is 16.8. The first-order valence-corrected chi connectivity index (χ1v) is 7.45. The molecule has 2 aromatic rings. The minimum absolute atomic E-state index is 0.0920. The van der Waals surface area contributed by atoms with E-state index in [2.05, 4.69) is 10.3 Å². The Labute approximate surface area is 136 Å². The summed E-state index contributed by atoms with van der Waals surface area (Å²) in [5.74, 6) is 0.471. The number of methoxy groups -OCH3 is 1. The van der Waals surface area contributed by atoms with Crippen LogP contribution in [0, 0.1) is 10.1 Å². The number of nitrogens with one attached hydrogen (secondary N) is 1. The number of thioether (sulfide) groups is 1. The molecule has 1 amide bonds. The molecular weight excluding hydrogens is 320 g/mol. The number of nitrogens with two attached hydrogens (primary N) is 1. The molecule has 23 heavy (non-hydrogen) atoms. The quantitative estimate of drug-likeness (QED) is 0.472. The Hall–Kier alpha value is -2.81. The van der Waals surface area contributed by atoms with Gasteiger partial charge >= 0.3 is 0 Å². The van der Waals surface area contributed by atoms with Crippen molar-refractivity contribution in [3.05, 3.63) is 46.6 Å². The highest BCUT2D eigenvalue weighted by Gasteiger charge is 2.17. The van der Waals surface area contributed by atoms with Gasteiger partial charge in [0.25, 0.3) is 5.69 Å². The van der Waals surface area contributed by atoms with Gasteiger partial charge in [0.1, 0.15) is 17.3 Å². The molecule has 0 unspecified atom stereocenters. The van der Waals surface area contributed by atoms with Gasteiger partial charge in [-0.25, -0.2) is 4.98 Å². The third-order valence-corrected chi connectivity index (χ3v) is 3.79. The van der Waals surface area contributed by atoms with Crippen LogP contribution in [0.2, 0.25) is 0 Å². The number of carbonyl (C=O) groups is 1. The summed E-state index contributed by atoms with van der Waals surface area (Å²) in [6, 6.07) is 7.61. The fourth-order valence-corrected chi connectivity index (χ4v) is 2.37. The lowest BCUT2D eigenvalue weighted by Gasteiger charge is -2.07. The average Bonchev–Trinajstić information content (AvgIpc) is 2.54. The van der Waals surface area contributed by atoms with E-state index in [9.17, 15) is 14.9 Å². The maximum absolute atomic E-state index is 12.0. The first-order chi connectivity index (χ1) is 11.0. The van der Waals surface area contributed by atoms with Gasteiger partial charge in [-0.1, -0.05) is 0 Å². The number of nitro groups is 1. The molecule has 0 atom stereocenters. The molecular formula is C14H14N4O4S. The van der Waals surface area contributed by atoms with Gasteiger partial charge < -0.3 is 15.8 Å². The van der Waals surface area contributed by atoms with Gasteiger partial charge in [0.2, 0.25) is 5.91 Å². The highest BCUT2D eigenvalue weighted by molar-refractivity contribution is 8.00. The second-order valence-electron chi connectivity index (χ2n) is 4.40. The third-order valence-electron chi connectivity index (χ3n) is 2.80. The molecule has 9 heteroatoms. The molecule has 1 heterocycles. The molecule has 0 aliphatic rings. The third kappa shape index (κ3) is 4.58. The van der Waals surface area contributed by atoms with E-state index in [0.29, 0.717) is 11.6 Å². The monoisotopic (exact) mass is 334 g/mol. The molecule has 1 aromatic carbocycles. The Bertz CT molecular complexity index is 721. The number of carbonyl (C=O) groups excluding carboxylic acids is 1. The predicted octanol–water partition coefficient (Wildman–Crippen LogP) is 2.31. The van der Waals surface area contributed by atoms with Crippen molar-refractivity contribution in [2.45, 2.75) is 4.90 Å². The molecule has 0 fully saturated rings. The number of hydrogen-bond acceptors (Lipinski definition) is 7. The second kappa shape index (κ2) is 7.45. The first-order valence-electron chi connectivity index (χ1n) is 6.46. The normalized spacial score (nSPS) is 10.1. The van der Waals surface area contributed by atoms with Crippen LogP contribution in [0.5, 0.6) is 5.75 Å². The van der Waals surface area contributed by atoms with Gasteiger partial charge in [0.15, 0.2) is 0 Å². The molecule has 0 radical (unpaired) electrons. The molecule has 1 aromatic heterocycles. The van der Waals surface area contributed by atoms with Crippen LogP contribution in [0.15, 0.2) is 41.4 Å². The van der Waals surface area contributed by atoms with Gasteiger partial charge in [-0.15, -0.1) is 11.8 Å². The number of hydrogen-bond donors (Lipinski definition) is 2. The van der Waals surface area contributed by atoms with Crippen LogP contribution in [-0.4, -0.2) is 28.7 Å². The lowest BCUT2D eigenvalue weighted by Crippen LogP contribution is -2.15. The number of amides is 1. The zero-order valence-corrected chi connectivity index (χ0v) is 13.0. The number of benzene rings is 1. The van der Waals surface area contributed by atoms with E-state index in [1.165, 1.54) is 31.0 Å². The summed E-state index contributed by atoms with van der Waals surface area (Å²) in [7, 11) is 1.41. The Morgan fingerprint density at radius 1 is 1.43 bits per heavy atom. The summed E-state index contributed by atoms with van der Waals surface area (Å²) in [5, 5.41) is 13.6. The first kappa shape index (κ1) is 16.6. The Balaban J connectivity index is 2.02. The maximum Gasteiger partial charge on any atom is 0.296 e. The maximum atomic E-state index is 12.0. The number of pyridine rings is 1. The summed E-state index contributed by atoms with van der Waals surface area (Å²) in [4.78, 5) is 27.1. The highest BCUT2D eigenvalue weighted by atomic mass is 32.2. The lowest BCUT2D eigenvalue weighted by atomic mass is 10.2. The van der Waals surface area contributed by atoms with E-state index in [1.807, 2.05) is 0 Å². The van der Waals surface area contributed by atoms with Crippen molar-refractivity contribution >= 4 is 34.9 Å². The summed E-state index contributed by atoms with van der Waals surface area (Å²) >= 11 is 1.25. The van der Waals surface area contributed by atoms with E-state index in [0.717, 1.165) is 4.90 Å². The van der Waals surface area contributed by atoms with E-state index < -0.39 is 4.92 Å². The van der Waals surface area contributed by atoms with Crippen LogP contribution >= 0.6 is 11.8 Å². The number of rotatable bonds is 6. The van der Waals surface area contributed by atoms with Crippen LogP contribution < -0.4 is 15.8 Å². The molecule has 0 bridgehead atoms. The van der Waals surface area contributed by atoms with Crippen LogP contribution in [0.3, 0.4) is 0 Å².